The van der Waals surface area contributed by atoms with E-state index in [1.165, 1.54) is 26.2 Å². The van der Waals surface area contributed by atoms with Crippen LogP contribution in [0.2, 0.25) is 0 Å². The molecule has 78 valence electrons. The quantitative estimate of drug-likeness (QED) is 0.569. The highest BCUT2D eigenvalue weighted by atomic mass is 16.7. The first-order valence-corrected chi connectivity index (χ1v) is 4.22. The number of hydrogen-bond donors (Lipinski definition) is 0. The molecule has 14 heavy (non-hydrogen) atoms. The molecule has 0 radical (unpaired) electrons. The van der Waals surface area contributed by atoms with Gasteiger partial charge in [0, 0.05) is 26.9 Å². The van der Waals surface area contributed by atoms with E-state index >= 15 is 0 Å². The van der Waals surface area contributed by atoms with Crippen LogP contribution in [0.3, 0.4) is 0 Å². The normalized spacial score (nSPS) is 16.6. The maximum atomic E-state index is 11.5. The number of carbonyl (C=O) groups excluding carboxylic acids is 2. The minimum absolute atomic E-state index is 0.0818. The molecule has 0 fully saturated rings. The van der Waals surface area contributed by atoms with Gasteiger partial charge in [0.1, 0.15) is 5.71 Å². The monoisotopic (exact) mass is 199 g/mol. The van der Waals surface area contributed by atoms with Crippen LogP contribution in [-0.4, -0.2) is 48.8 Å². The maximum Gasteiger partial charge on any atom is 0.293 e. The van der Waals surface area contributed by atoms with E-state index in [1.807, 2.05) is 0 Å². The molecule has 6 nitrogen and oxygen atoms in total. The second-order valence-electron chi connectivity index (χ2n) is 2.95. The number of carbonyl (C=O) groups is 2. The molecule has 0 aromatic rings. The van der Waals surface area contributed by atoms with E-state index in [4.69, 9.17) is 4.84 Å². The molecule has 0 aliphatic carbocycles. The highest BCUT2D eigenvalue weighted by molar-refractivity contribution is 6.39. The van der Waals surface area contributed by atoms with Crippen molar-refractivity contribution in [2.24, 2.45) is 5.10 Å². The number of rotatable bonds is 2. The van der Waals surface area contributed by atoms with Crippen molar-refractivity contribution in [1.82, 2.24) is 10.1 Å². The fraction of sp³-hybridized carbons (Fsp3) is 0.625. The molecule has 1 aliphatic rings. The summed E-state index contributed by atoms with van der Waals surface area (Å²) in [6.07, 6.45) is 0.689. The molecule has 0 saturated carbocycles. The number of hydrogen-bond acceptors (Lipinski definition) is 4. The Morgan fingerprint density at radius 3 is 2.71 bits per heavy atom. The van der Waals surface area contributed by atoms with Crippen LogP contribution in [0.5, 0.6) is 0 Å². The van der Waals surface area contributed by atoms with Gasteiger partial charge in [-0.25, -0.2) is 10.1 Å². The van der Waals surface area contributed by atoms with Gasteiger partial charge in [0.25, 0.3) is 5.91 Å². The Morgan fingerprint density at radius 1 is 1.57 bits per heavy atom. The fourth-order valence-corrected chi connectivity index (χ4v) is 1.09. The summed E-state index contributed by atoms with van der Waals surface area (Å²) < 4.78 is 0. The zero-order valence-corrected chi connectivity index (χ0v) is 8.48. The minimum atomic E-state index is -0.313. The zero-order valence-electron chi connectivity index (χ0n) is 8.48. The highest BCUT2D eigenvalue weighted by Gasteiger charge is 2.24. The molecule has 6 heteroatoms. The van der Waals surface area contributed by atoms with Gasteiger partial charge in [0.05, 0.1) is 7.11 Å². The molecule has 0 spiro atoms. The Balaban J connectivity index is 2.75. The van der Waals surface area contributed by atoms with Gasteiger partial charge < -0.3 is 0 Å². The summed E-state index contributed by atoms with van der Waals surface area (Å²) in [4.78, 5) is 27.3. The first-order chi connectivity index (χ1) is 6.56. The van der Waals surface area contributed by atoms with Crippen LogP contribution in [-0.2, 0) is 14.4 Å². The van der Waals surface area contributed by atoms with Crippen molar-refractivity contribution < 1.29 is 14.4 Å². The second kappa shape index (κ2) is 4.19. The molecule has 0 unspecified atom stereocenters. The van der Waals surface area contributed by atoms with Gasteiger partial charge in [-0.2, -0.15) is 5.10 Å². The van der Waals surface area contributed by atoms with Crippen LogP contribution in [0.1, 0.15) is 12.8 Å². The van der Waals surface area contributed by atoms with Crippen LogP contribution >= 0.6 is 0 Å². The van der Waals surface area contributed by atoms with Gasteiger partial charge in [-0.3, -0.25) is 14.4 Å². The van der Waals surface area contributed by atoms with E-state index in [-0.39, 0.29) is 11.8 Å². The molecule has 0 aromatic carbocycles. The summed E-state index contributed by atoms with van der Waals surface area (Å²) in [5.41, 5.74) is 0.344. The summed E-state index contributed by atoms with van der Waals surface area (Å²) in [7, 11) is 4.43. The molecule has 1 rings (SSSR count). The largest absolute Gasteiger partial charge is 0.293 e. The van der Waals surface area contributed by atoms with Gasteiger partial charge >= 0.3 is 0 Å². The molecule has 0 saturated heterocycles. The SMILES string of the molecule is CON(C)C(=O)C1=NN(C)C(=O)CC1. The van der Waals surface area contributed by atoms with Crippen LogP contribution in [0, 0.1) is 0 Å². The van der Waals surface area contributed by atoms with Crippen LogP contribution in [0.25, 0.3) is 0 Å². The second-order valence-corrected chi connectivity index (χ2v) is 2.95. The lowest BCUT2D eigenvalue weighted by Crippen LogP contribution is -2.38. The predicted molar refractivity (Wildman–Crippen MR) is 49.2 cm³/mol. The third-order valence-corrected chi connectivity index (χ3v) is 2.01. The summed E-state index contributed by atoms with van der Waals surface area (Å²) in [5.74, 6) is -0.395. The Bertz CT molecular complexity index is 288. The number of amides is 2. The van der Waals surface area contributed by atoms with Crippen molar-refractivity contribution >= 4 is 17.5 Å². The van der Waals surface area contributed by atoms with E-state index in [9.17, 15) is 9.59 Å². The summed E-state index contributed by atoms with van der Waals surface area (Å²) in [6, 6.07) is 0. The summed E-state index contributed by atoms with van der Waals surface area (Å²) >= 11 is 0. The lowest BCUT2D eigenvalue weighted by Gasteiger charge is -2.21. The van der Waals surface area contributed by atoms with E-state index in [0.29, 0.717) is 18.6 Å². The van der Waals surface area contributed by atoms with E-state index in [0.717, 1.165) is 5.06 Å². The van der Waals surface area contributed by atoms with Crippen LogP contribution < -0.4 is 0 Å². The van der Waals surface area contributed by atoms with E-state index in [2.05, 4.69) is 5.10 Å². The summed E-state index contributed by atoms with van der Waals surface area (Å²) in [5, 5.41) is 6.13. The fourth-order valence-electron chi connectivity index (χ4n) is 1.09. The third kappa shape index (κ3) is 2.08. The molecule has 1 heterocycles. The predicted octanol–water partition coefficient (Wildman–Crippen LogP) is -0.386. The number of hydroxylamine groups is 2. The average molecular weight is 199 g/mol. The number of nitrogens with zero attached hydrogens (tertiary/aromatic N) is 3. The Kier molecular flexibility index (Phi) is 3.19. The lowest BCUT2D eigenvalue weighted by atomic mass is 10.1. The lowest BCUT2D eigenvalue weighted by molar-refractivity contribution is -0.160. The number of hydrazone groups is 1. The van der Waals surface area contributed by atoms with Crippen molar-refractivity contribution in [3.05, 3.63) is 0 Å². The van der Waals surface area contributed by atoms with Crippen molar-refractivity contribution in [2.45, 2.75) is 12.8 Å². The molecule has 2 amide bonds. The molecular weight excluding hydrogens is 186 g/mol. The van der Waals surface area contributed by atoms with Crippen LogP contribution in [0.4, 0.5) is 0 Å². The van der Waals surface area contributed by atoms with Crippen LogP contribution in [0.15, 0.2) is 5.10 Å². The van der Waals surface area contributed by atoms with Gasteiger partial charge in [-0.05, 0) is 0 Å². The zero-order chi connectivity index (χ0) is 10.7. The van der Waals surface area contributed by atoms with Crippen molar-refractivity contribution in [3.63, 3.8) is 0 Å². The van der Waals surface area contributed by atoms with Gasteiger partial charge in [0.2, 0.25) is 5.91 Å². The van der Waals surface area contributed by atoms with E-state index < -0.39 is 0 Å². The smallest absolute Gasteiger partial charge is 0.274 e. The minimum Gasteiger partial charge on any atom is -0.274 e. The molecule has 0 N–H and O–H groups in total. The Hall–Kier alpha value is -1.43. The summed E-state index contributed by atoms with van der Waals surface area (Å²) in [6.45, 7) is 0. The first kappa shape index (κ1) is 10.6. The average Bonchev–Trinajstić information content (AvgIpc) is 2.20. The Morgan fingerprint density at radius 2 is 2.21 bits per heavy atom. The van der Waals surface area contributed by atoms with Crippen molar-refractivity contribution in [3.8, 4) is 0 Å². The molecule has 0 bridgehead atoms. The van der Waals surface area contributed by atoms with Crippen molar-refractivity contribution in [2.75, 3.05) is 21.2 Å². The molecular formula is C8H13N3O3. The first-order valence-electron chi connectivity index (χ1n) is 4.22. The third-order valence-electron chi connectivity index (χ3n) is 2.01. The Labute approximate surface area is 82.1 Å². The highest BCUT2D eigenvalue weighted by Crippen LogP contribution is 2.08. The standard InChI is InChI=1S/C8H13N3O3/c1-10-7(12)5-4-6(9-10)8(13)11(2)14-3/h4-5H2,1-3H3. The molecule has 1 aliphatic heterocycles. The maximum absolute atomic E-state index is 11.5. The molecule has 0 aromatic heterocycles. The van der Waals surface area contributed by atoms with Gasteiger partial charge in [-0.15, -0.1) is 0 Å². The topological polar surface area (TPSA) is 62.2 Å². The van der Waals surface area contributed by atoms with Crippen molar-refractivity contribution in [1.29, 1.82) is 0 Å². The van der Waals surface area contributed by atoms with E-state index in [1.54, 1.807) is 0 Å². The molecule has 0 atom stereocenters. The van der Waals surface area contributed by atoms with Gasteiger partial charge in [-0.1, -0.05) is 0 Å². The van der Waals surface area contributed by atoms with Gasteiger partial charge in [0.15, 0.2) is 0 Å².